The highest BCUT2D eigenvalue weighted by molar-refractivity contribution is 8.18. The smallest absolute Gasteiger partial charge is 0.264 e. The molecule has 1 aliphatic rings. The van der Waals surface area contributed by atoms with Gasteiger partial charge in [0.15, 0.2) is 5.17 Å². The van der Waals surface area contributed by atoms with Crippen LogP contribution in [0.15, 0.2) is 58.4 Å². The Morgan fingerprint density at radius 1 is 1.19 bits per heavy atom. The molecular weight excluding hydrogens is 348 g/mol. The number of nitrogens with one attached hydrogen (secondary N) is 1. The molecule has 1 aliphatic heterocycles. The van der Waals surface area contributed by atoms with Gasteiger partial charge in [0.05, 0.1) is 28.7 Å². The molecule has 4 rings (SSSR count). The van der Waals surface area contributed by atoms with Crippen molar-refractivity contribution in [3.63, 3.8) is 0 Å². The van der Waals surface area contributed by atoms with Gasteiger partial charge >= 0.3 is 0 Å². The summed E-state index contributed by atoms with van der Waals surface area (Å²) < 4.78 is 7.10. The number of hydrogen-bond acceptors (Lipinski definition) is 5. The molecule has 6 nitrogen and oxygen atoms in total. The van der Waals surface area contributed by atoms with Crippen molar-refractivity contribution >= 4 is 45.6 Å². The lowest BCUT2D eigenvalue weighted by Crippen LogP contribution is -2.19. The first-order valence-electron chi connectivity index (χ1n) is 7.99. The number of ether oxygens (including phenoxy) is 1. The fourth-order valence-corrected chi connectivity index (χ4v) is 3.48. The van der Waals surface area contributed by atoms with Crippen molar-refractivity contribution in [3.05, 3.63) is 59.3 Å². The number of rotatable bonds is 3. The van der Waals surface area contributed by atoms with E-state index in [0.29, 0.717) is 10.1 Å². The molecule has 0 unspecified atom stereocenters. The van der Waals surface area contributed by atoms with Crippen LogP contribution in [0.25, 0.3) is 17.1 Å². The molecular formula is C19H16N4O2S. The molecule has 2 heterocycles. The highest BCUT2D eigenvalue weighted by Gasteiger charge is 2.24. The van der Waals surface area contributed by atoms with Crippen LogP contribution in [0.5, 0.6) is 5.75 Å². The van der Waals surface area contributed by atoms with Crippen molar-refractivity contribution in [2.24, 2.45) is 12.0 Å². The Labute approximate surface area is 154 Å². The summed E-state index contributed by atoms with van der Waals surface area (Å²) in [4.78, 5) is 21.9. The van der Waals surface area contributed by atoms with Crippen LogP contribution in [0.1, 0.15) is 5.82 Å². The Balaban J connectivity index is 1.61. The number of nitrogens with zero attached hydrogens (tertiary/aromatic N) is 3. The number of carbonyl (C=O) groups is 1. The topological polar surface area (TPSA) is 68.5 Å². The third-order valence-electron chi connectivity index (χ3n) is 4.04. The number of hydrogen-bond donors (Lipinski definition) is 1. The van der Waals surface area contributed by atoms with Crippen LogP contribution in [-0.4, -0.2) is 27.7 Å². The van der Waals surface area contributed by atoms with Gasteiger partial charge < -0.3 is 14.6 Å². The van der Waals surface area contributed by atoms with Gasteiger partial charge in [0.2, 0.25) is 0 Å². The van der Waals surface area contributed by atoms with E-state index >= 15 is 0 Å². The van der Waals surface area contributed by atoms with Gasteiger partial charge in [-0.15, -0.1) is 0 Å². The minimum atomic E-state index is -0.172. The van der Waals surface area contributed by atoms with E-state index in [1.54, 1.807) is 13.2 Å². The van der Waals surface area contributed by atoms with E-state index in [-0.39, 0.29) is 5.91 Å². The molecule has 0 radical (unpaired) electrons. The first-order valence-corrected chi connectivity index (χ1v) is 8.81. The fourth-order valence-electron chi connectivity index (χ4n) is 2.67. The third kappa shape index (κ3) is 3.09. The number of para-hydroxylation sites is 2. The molecule has 0 atom stereocenters. The van der Waals surface area contributed by atoms with E-state index in [1.807, 2.05) is 60.1 Å². The van der Waals surface area contributed by atoms with Crippen LogP contribution in [-0.2, 0) is 11.8 Å². The summed E-state index contributed by atoms with van der Waals surface area (Å²) in [6.45, 7) is 0. The minimum absolute atomic E-state index is 0.172. The summed E-state index contributed by atoms with van der Waals surface area (Å²) in [6, 6.07) is 15.2. The van der Waals surface area contributed by atoms with E-state index in [9.17, 15) is 4.79 Å². The number of imidazole rings is 1. The Kier molecular flexibility index (Phi) is 4.22. The van der Waals surface area contributed by atoms with Crippen LogP contribution in [0, 0.1) is 0 Å². The maximum Gasteiger partial charge on any atom is 0.264 e. The summed E-state index contributed by atoms with van der Waals surface area (Å²) >= 11 is 1.30. The molecule has 1 N–H and O–H groups in total. The van der Waals surface area contributed by atoms with Gasteiger partial charge in [0.1, 0.15) is 11.6 Å². The summed E-state index contributed by atoms with van der Waals surface area (Å²) in [5.41, 5.74) is 2.67. The molecule has 26 heavy (non-hydrogen) atoms. The van der Waals surface area contributed by atoms with Crippen molar-refractivity contribution in [1.29, 1.82) is 0 Å². The minimum Gasteiger partial charge on any atom is -0.497 e. The molecule has 1 fully saturated rings. The quantitative estimate of drug-likeness (QED) is 0.723. The van der Waals surface area contributed by atoms with Crippen LogP contribution >= 0.6 is 11.8 Å². The lowest BCUT2D eigenvalue weighted by molar-refractivity contribution is -0.115. The van der Waals surface area contributed by atoms with Crippen LogP contribution < -0.4 is 10.1 Å². The van der Waals surface area contributed by atoms with E-state index in [4.69, 9.17) is 4.74 Å². The Bertz CT molecular complexity index is 1050. The number of aromatic nitrogens is 2. The second kappa shape index (κ2) is 6.68. The Hall–Kier alpha value is -3.06. The molecule has 1 aromatic heterocycles. The van der Waals surface area contributed by atoms with Crippen molar-refractivity contribution in [2.45, 2.75) is 0 Å². The number of amidine groups is 1. The van der Waals surface area contributed by atoms with Crippen molar-refractivity contribution in [3.8, 4) is 5.75 Å². The number of aryl methyl sites for hydroxylation is 1. The molecule has 0 spiro atoms. The van der Waals surface area contributed by atoms with E-state index in [1.165, 1.54) is 11.8 Å². The first-order chi connectivity index (χ1) is 12.6. The number of amides is 1. The maximum atomic E-state index is 12.3. The van der Waals surface area contributed by atoms with Gasteiger partial charge in [-0.25, -0.2) is 9.98 Å². The van der Waals surface area contributed by atoms with E-state index < -0.39 is 0 Å². The monoisotopic (exact) mass is 364 g/mol. The van der Waals surface area contributed by atoms with Crippen molar-refractivity contribution in [2.75, 3.05) is 7.11 Å². The highest BCUT2D eigenvalue weighted by atomic mass is 32.2. The number of thioether (sulfide) groups is 1. The predicted octanol–water partition coefficient (Wildman–Crippen LogP) is 3.47. The maximum absolute atomic E-state index is 12.3. The number of fused-ring (bicyclic) bond motifs is 1. The Morgan fingerprint density at radius 3 is 2.69 bits per heavy atom. The molecule has 2 aromatic carbocycles. The summed E-state index contributed by atoms with van der Waals surface area (Å²) in [5, 5.41) is 3.34. The van der Waals surface area contributed by atoms with Crippen LogP contribution in [0.4, 0.5) is 5.69 Å². The molecule has 3 aromatic rings. The Morgan fingerprint density at radius 2 is 1.96 bits per heavy atom. The predicted molar refractivity (Wildman–Crippen MR) is 105 cm³/mol. The lowest BCUT2D eigenvalue weighted by Gasteiger charge is -1.99. The number of benzene rings is 2. The zero-order chi connectivity index (χ0) is 18.1. The average molecular weight is 364 g/mol. The average Bonchev–Trinajstić information content (AvgIpc) is 3.16. The summed E-state index contributed by atoms with van der Waals surface area (Å²) in [7, 11) is 3.55. The van der Waals surface area contributed by atoms with Crippen LogP contribution in [0.3, 0.4) is 0 Å². The number of carbonyl (C=O) groups excluding carboxylic acids is 1. The largest absolute Gasteiger partial charge is 0.497 e. The second-order valence-electron chi connectivity index (χ2n) is 5.70. The van der Waals surface area contributed by atoms with Gasteiger partial charge in [0, 0.05) is 13.1 Å². The third-order valence-corrected chi connectivity index (χ3v) is 4.95. The molecule has 0 bridgehead atoms. The number of aliphatic imine (C=N–C) groups is 1. The molecule has 0 aliphatic carbocycles. The standard InChI is InChI=1S/C19H16N4O2S/c1-23-15-6-4-3-5-14(15)21-17(23)11-16-18(24)22-19(26-16)20-12-7-9-13(25-2)10-8-12/h3-11H,1-2H3,(H,20,22,24)/b16-11+. The molecule has 7 heteroatoms. The molecule has 0 saturated carbocycles. The van der Waals surface area contributed by atoms with E-state index in [2.05, 4.69) is 15.3 Å². The van der Waals surface area contributed by atoms with Crippen molar-refractivity contribution in [1.82, 2.24) is 14.9 Å². The van der Waals surface area contributed by atoms with Gasteiger partial charge in [-0.2, -0.15) is 0 Å². The van der Waals surface area contributed by atoms with Gasteiger partial charge in [-0.05, 0) is 48.2 Å². The molecule has 130 valence electrons. The lowest BCUT2D eigenvalue weighted by atomic mass is 10.3. The SMILES string of the molecule is COc1ccc(N=C2NC(=O)/C(=C\c3nc4ccccc4n3C)S2)cc1. The molecule has 1 amide bonds. The number of methoxy groups -OCH3 is 1. The second-order valence-corrected chi connectivity index (χ2v) is 6.73. The molecule has 1 saturated heterocycles. The zero-order valence-electron chi connectivity index (χ0n) is 14.3. The van der Waals surface area contributed by atoms with Gasteiger partial charge in [-0.1, -0.05) is 12.1 Å². The fraction of sp³-hybridized carbons (Fsp3) is 0.105. The first kappa shape index (κ1) is 16.4. The van der Waals surface area contributed by atoms with Gasteiger partial charge in [0.25, 0.3) is 5.91 Å². The summed E-state index contributed by atoms with van der Waals surface area (Å²) in [5.74, 6) is 1.32. The van der Waals surface area contributed by atoms with Crippen molar-refractivity contribution < 1.29 is 9.53 Å². The van der Waals surface area contributed by atoms with Gasteiger partial charge in [-0.3, -0.25) is 4.79 Å². The zero-order valence-corrected chi connectivity index (χ0v) is 15.1. The van der Waals surface area contributed by atoms with E-state index in [0.717, 1.165) is 28.3 Å². The normalized spacial score (nSPS) is 17.2. The summed E-state index contributed by atoms with van der Waals surface area (Å²) in [6.07, 6.45) is 1.79. The highest BCUT2D eigenvalue weighted by Crippen LogP contribution is 2.29. The van der Waals surface area contributed by atoms with Crippen LogP contribution in [0.2, 0.25) is 0 Å².